The second-order valence-corrected chi connectivity index (χ2v) is 4.58. The molecule has 1 aliphatic heterocycles. The summed E-state index contributed by atoms with van der Waals surface area (Å²) in [5, 5.41) is 6.04. The molecule has 0 radical (unpaired) electrons. The number of aromatic amines is 1. The van der Waals surface area contributed by atoms with Crippen molar-refractivity contribution in [2.24, 2.45) is 5.73 Å². The van der Waals surface area contributed by atoms with Gasteiger partial charge in [0, 0.05) is 32.2 Å². The average molecular weight is 265 g/mol. The number of rotatable bonds is 4. The number of aromatic nitrogens is 2. The van der Waals surface area contributed by atoms with Gasteiger partial charge in [-0.1, -0.05) is 0 Å². The SMILES string of the molecule is NCCCN1CCN(C(=O)c2ccc(=O)[nH]n2)CC1. The molecule has 3 N–H and O–H groups in total. The fraction of sp³-hybridized carbons (Fsp3) is 0.583. The van der Waals surface area contributed by atoms with Crippen molar-refractivity contribution in [1.82, 2.24) is 20.0 Å². The van der Waals surface area contributed by atoms with Gasteiger partial charge in [-0.25, -0.2) is 5.10 Å². The summed E-state index contributed by atoms with van der Waals surface area (Å²) in [6.07, 6.45) is 0.982. The van der Waals surface area contributed by atoms with E-state index in [9.17, 15) is 9.59 Å². The van der Waals surface area contributed by atoms with Crippen LogP contribution in [0, 0.1) is 0 Å². The first-order valence-electron chi connectivity index (χ1n) is 6.48. The zero-order valence-electron chi connectivity index (χ0n) is 10.8. The van der Waals surface area contributed by atoms with E-state index in [1.54, 1.807) is 4.90 Å². The van der Waals surface area contributed by atoms with Gasteiger partial charge in [0.15, 0.2) is 0 Å². The Hall–Kier alpha value is -1.73. The van der Waals surface area contributed by atoms with Crippen molar-refractivity contribution < 1.29 is 4.79 Å². The maximum atomic E-state index is 12.1. The number of carbonyl (C=O) groups is 1. The van der Waals surface area contributed by atoms with Crippen LogP contribution in [0.1, 0.15) is 16.9 Å². The van der Waals surface area contributed by atoms with Crippen molar-refractivity contribution in [1.29, 1.82) is 0 Å². The third kappa shape index (κ3) is 3.62. The second-order valence-electron chi connectivity index (χ2n) is 4.58. The molecule has 19 heavy (non-hydrogen) atoms. The highest BCUT2D eigenvalue weighted by Crippen LogP contribution is 2.06. The highest BCUT2D eigenvalue weighted by molar-refractivity contribution is 5.92. The van der Waals surface area contributed by atoms with Crippen LogP contribution in [0.5, 0.6) is 0 Å². The van der Waals surface area contributed by atoms with E-state index in [4.69, 9.17) is 5.73 Å². The lowest BCUT2D eigenvalue weighted by Crippen LogP contribution is -2.49. The van der Waals surface area contributed by atoms with Crippen LogP contribution in [0.25, 0.3) is 0 Å². The quantitative estimate of drug-likeness (QED) is 0.719. The molecule has 1 fully saturated rings. The third-order valence-corrected chi connectivity index (χ3v) is 3.24. The predicted octanol–water partition coefficient (Wildman–Crippen LogP) is -1.12. The lowest BCUT2D eigenvalue weighted by molar-refractivity contribution is 0.0629. The largest absolute Gasteiger partial charge is 0.335 e. The first kappa shape index (κ1) is 13.7. The zero-order chi connectivity index (χ0) is 13.7. The van der Waals surface area contributed by atoms with Gasteiger partial charge in [0.1, 0.15) is 5.69 Å². The van der Waals surface area contributed by atoms with Crippen LogP contribution in [0.3, 0.4) is 0 Å². The Kier molecular flexibility index (Phi) is 4.64. The van der Waals surface area contributed by atoms with Crippen LogP contribution in [-0.2, 0) is 0 Å². The van der Waals surface area contributed by atoms with Crippen molar-refractivity contribution in [3.8, 4) is 0 Å². The van der Waals surface area contributed by atoms with E-state index in [1.807, 2.05) is 0 Å². The van der Waals surface area contributed by atoms with Gasteiger partial charge in [0.05, 0.1) is 0 Å². The van der Waals surface area contributed by atoms with E-state index >= 15 is 0 Å². The van der Waals surface area contributed by atoms with E-state index in [2.05, 4.69) is 15.1 Å². The number of nitrogens with one attached hydrogen (secondary N) is 1. The molecule has 0 aromatic carbocycles. The molecule has 1 aromatic rings. The van der Waals surface area contributed by atoms with Crippen molar-refractivity contribution in [2.75, 3.05) is 39.3 Å². The molecule has 0 unspecified atom stereocenters. The number of H-pyrrole nitrogens is 1. The number of nitrogens with two attached hydrogens (primary N) is 1. The summed E-state index contributed by atoms with van der Waals surface area (Å²) in [5.41, 5.74) is 5.47. The summed E-state index contributed by atoms with van der Waals surface area (Å²) in [7, 11) is 0. The number of hydrogen-bond donors (Lipinski definition) is 2. The Morgan fingerprint density at radius 3 is 2.63 bits per heavy atom. The molecule has 2 rings (SSSR count). The van der Waals surface area contributed by atoms with E-state index in [0.717, 1.165) is 26.1 Å². The molecule has 1 amide bonds. The fourth-order valence-corrected chi connectivity index (χ4v) is 2.12. The van der Waals surface area contributed by atoms with Crippen LogP contribution in [-0.4, -0.2) is 65.2 Å². The van der Waals surface area contributed by atoms with Crippen molar-refractivity contribution >= 4 is 5.91 Å². The molecular formula is C12H19N5O2. The van der Waals surface area contributed by atoms with Crippen LogP contribution < -0.4 is 11.3 Å². The summed E-state index contributed by atoms with van der Waals surface area (Å²) in [4.78, 5) is 27.1. The predicted molar refractivity (Wildman–Crippen MR) is 70.9 cm³/mol. The molecule has 0 aliphatic carbocycles. The molecular weight excluding hydrogens is 246 g/mol. The number of carbonyl (C=O) groups excluding carboxylic acids is 1. The molecule has 7 heteroatoms. The van der Waals surface area contributed by atoms with Gasteiger partial charge in [-0.15, -0.1) is 0 Å². The molecule has 0 atom stereocenters. The Labute approximate surface area is 111 Å². The minimum absolute atomic E-state index is 0.130. The maximum absolute atomic E-state index is 12.1. The van der Waals surface area contributed by atoms with Crippen LogP contribution in [0.2, 0.25) is 0 Å². The number of hydrogen-bond acceptors (Lipinski definition) is 5. The van der Waals surface area contributed by atoms with E-state index < -0.39 is 0 Å². The van der Waals surface area contributed by atoms with Crippen LogP contribution in [0.15, 0.2) is 16.9 Å². The standard InChI is InChI=1S/C12H19N5O2/c13-4-1-5-16-6-8-17(9-7-16)12(19)10-2-3-11(18)15-14-10/h2-3H,1,4-9,13H2,(H,15,18). The molecule has 0 spiro atoms. The van der Waals surface area contributed by atoms with Gasteiger partial charge >= 0.3 is 0 Å². The lowest BCUT2D eigenvalue weighted by atomic mass is 10.2. The Morgan fingerprint density at radius 1 is 1.32 bits per heavy atom. The van der Waals surface area contributed by atoms with Crippen molar-refractivity contribution in [3.05, 3.63) is 28.2 Å². The second kappa shape index (κ2) is 6.44. The zero-order valence-corrected chi connectivity index (χ0v) is 10.8. The third-order valence-electron chi connectivity index (χ3n) is 3.24. The van der Waals surface area contributed by atoms with Gasteiger partial charge in [-0.05, 0) is 25.6 Å². The summed E-state index contributed by atoms with van der Waals surface area (Å²) in [5.74, 6) is -0.130. The molecule has 7 nitrogen and oxygen atoms in total. The van der Waals surface area contributed by atoms with E-state index in [-0.39, 0.29) is 17.2 Å². The normalized spacial score (nSPS) is 16.6. The molecule has 2 heterocycles. The summed E-state index contributed by atoms with van der Waals surface area (Å²) in [6.45, 7) is 4.76. The topological polar surface area (TPSA) is 95.3 Å². The van der Waals surface area contributed by atoms with Crippen molar-refractivity contribution in [3.63, 3.8) is 0 Å². The van der Waals surface area contributed by atoms with Gasteiger partial charge in [0.25, 0.3) is 11.5 Å². The molecule has 0 bridgehead atoms. The molecule has 0 saturated carbocycles. The lowest BCUT2D eigenvalue weighted by Gasteiger charge is -2.34. The molecule has 104 valence electrons. The Morgan fingerprint density at radius 2 is 2.05 bits per heavy atom. The smallest absolute Gasteiger partial charge is 0.274 e. The molecule has 1 aliphatic rings. The number of amides is 1. The van der Waals surface area contributed by atoms with Gasteiger partial charge < -0.3 is 10.6 Å². The average Bonchev–Trinajstić information content (AvgIpc) is 2.46. The van der Waals surface area contributed by atoms with Gasteiger partial charge in [-0.3, -0.25) is 14.5 Å². The van der Waals surface area contributed by atoms with Crippen LogP contribution in [0.4, 0.5) is 0 Å². The van der Waals surface area contributed by atoms with Gasteiger partial charge in [-0.2, -0.15) is 5.10 Å². The first-order valence-corrected chi connectivity index (χ1v) is 6.48. The van der Waals surface area contributed by atoms with Gasteiger partial charge in [0.2, 0.25) is 0 Å². The summed E-state index contributed by atoms with van der Waals surface area (Å²) < 4.78 is 0. The highest BCUT2D eigenvalue weighted by Gasteiger charge is 2.22. The van der Waals surface area contributed by atoms with Crippen LogP contribution >= 0.6 is 0 Å². The highest BCUT2D eigenvalue weighted by atomic mass is 16.2. The first-order chi connectivity index (χ1) is 9.20. The Bertz CT molecular complexity index is 459. The van der Waals surface area contributed by atoms with E-state index in [0.29, 0.717) is 19.6 Å². The number of nitrogens with zero attached hydrogens (tertiary/aromatic N) is 3. The summed E-state index contributed by atoms with van der Waals surface area (Å²) >= 11 is 0. The molecule has 1 saturated heterocycles. The fourth-order valence-electron chi connectivity index (χ4n) is 2.12. The minimum atomic E-state index is -0.303. The monoisotopic (exact) mass is 265 g/mol. The number of piperazine rings is 1. The Balaban J connectivity index is 1.88. The van der Waals surface area contributed by atoms with Crippen molar-refractivity contribution in [2.45, 2.75) is 6.42 Å². The minimum Gasteiger partial charge on any atom is -0.335 e. The maximum Gasteiger partial charge on any atom is 0.274 e. The molecule has 1 aromatic heterocycles. The van der Waals surface area contributed by atoms with E-state index in [1.165, 1.54) is 12.1 Å². The summed E-state index contributed by atoms with van der Waals surface area (Å²) in [6, 6.07) is 2.78.